The molecule has 4 unspecified atom stereocenters. The van der Waals surface area contributed by atoms with Crippen LogP contribution >= 0.6 is 30.1 Å². The summed E-state index contributed by atoms with van der Waals surface area (Å²) >= 11 is 6.58. The van der Waals surface area contributed by atoms with Crippen LogP contribution in [0.4, 0.5) is 16.2 Å². The van der Waals surface area contributed by atoms with E-state index in [1.165, 1.54) is 10.5 Å². The number of rotatable bonds is 13. The summed E-state index contributed by atoms with van der Waals surface area (Å²) in [5.74, 6) is -0.144. The number of nitrogens with zero attached hydrogens (tertiary/aromatic N) is 3. The lowest BCUT2D eigenvalue weighted by molar-refractivity contribution is -0.178. The summed E-state index contributed by atoms with van der Waals surface area (Å²) in [5.41, 5.74) is 4.72. The predicted molar refractivity (Wildman–Crippen MR) is 204 cm³/mol. The van der Waals surface area contributed by atoms with Crippen LogP contribution in [-0.4, -0.2) is 49.4 Å². The third-order valence-corrected chi connectivity index (χ3v) is 8.70. The van der Waals surface area contributed by atoms with E-state index in [0.717, 1.165) is 60.1 Å². The van der Waals surface area contributed by atoms with Gasteiger partial charge in [0, 0.05) is 48.2 Å². The Morgan fingerprint density at radius 1 is 1.02 bits per heavy atom. The summed E-state index contributed by atoms with van der Waals surface area (Å²) in [4.78, 5) is 19.0. The summed E-state index contributed by atoms with van der Waals surface area (Å²) in [7, 11) is 4.74. The second-order valence-corrected chi connectivity index (χ2v) is 13.1. The Bertz CT molecular complexity index is 1610. The summed E-state index contributed by atoms with van der Waals surface area (Å²) in [6.45, 7) is 9.28. The summed E-state index contributed by atoms with van der Waals surface area (Å²) < 4.78 is 18.6. The number of benzene rings is 3. The average molecular weight is 707 g/mol. The smallest absolute Gasteiger partial charge is 0.246 e. The van der Waals surface area contributed by atoms with Gasteiger partial charge in [0.2, 0.25) is 11.4 Å². The van der Waals surface area contributed by atoms with Gasteiger partial charge >= 0.3 is 0 Å². The lowest BCUT2D eigenvalue weighted by Crippen LogP contribution is -2.32. The summed E-state index contributed by atoms with van der Waals surface area (Å²) in [5, 5.41) is 8.88. The highest BCUT2D eigenvalue weighted by Gasteiger charge is 2.45. The number of ether oxygens (including phenoxy) is 3. The van der Waals surface area contributed by atoms with Crippen LogP contribution in [0.1, 0.15) is 43.4 Å². The molecule has 254 valence electrons. The van der Waals surface area contributed by atoms with Crippen LogP contribution < -0.4 is 19.8 Å². The fourth-order valence-electron chi connectivity index (χ4n) is 5.41. The van der Waals surface area contributed by atoms with Crippen molar-refractivity contribution in [2.45, 2.75) is 51.9 Å². The van der Waals surface area contributed by atoms with Gasteiger partial charge in [0.05, 0.1) is 18.6 Å². The second kappa shape index (κ2) is 18.4. The highest BCUT2D eigenvalue weighted by Crippen LogP contribution is 2.40. The molecule has 1 fully saturated rings. The zero-order valence-electron chi connectivity index (χ0n) is 27.8. The minimum Gasteiger partial charge on any atom is -0.491 e. The molecular weight excluding hydrogens is 662 g/mol. The average Bonchev–Trinajstić information content (AvgIpc) is 3.49. The largest absolute Gasteiger partial charge is 0.491 e. The lowest BCUT2D eigenvalue weighted by atomic mass is 9.98. The molecule has 1 saturated heterocycles. The van der Waals surface area contributed by atoms with Gasteiger partial charge in [0.25, 0.3) is 0 Å². The normalized spacial score (nSPS) is 16.8. The molecule has 0 saturated carbocycles. The molecule has 0 radical (unpaired) electrons. The van der Waals surface area contributed by atoms with Gasteiger partial charge in [0.1, 0.15) is 18.5 Å². The summed E-state index contributed by atoms with van der Waals surface area (Å²) in [6, 6.07) is 25.5. The van der Waals surface area contributed by atoms with Gasteiger partial charge in [-0.25, -0.2) is 0 Å². The molecule has 1 N–H and O–H groups in total. The Balaban J connectivity index is 0.000000239. The molecule has 0 spiro atoms. The van der Waals surface area contributed by atoms with Crippen LogP contribution in [0.5, 0.6) is 5.75 Å². The number of amides is 1. The molecule has 4 atom stereocenters. The number of carbonyl (C=O) groups is 1. The second-order valence-electron chi connectivity index (χ2n) is 11.5. The maximum absolute atomic E-state index is 11.3. The van der Waals surface area contributed by atoms with E-state index in [9.17, 15) is 4.79 Å². The van der Waals surface area contributed by atoms with E-state index in [4.69, 9.17) is 31.2 Å². The van der Waals surface area contributed by atoms with Crippen LogP contribution in [0.2, 0.25) is 5.02 Å². The molecule has 0 bridgehead atoms. The van der Waals surface area contributed by atoms with Crippen molar-refractivity contribution < 1.29 is 19.0 Å². The number of aryl methyl sites for hydroxylation is 1. The minimum atomic E-state index is -0.960. The highest BCUT2D eigenvalue weighted by molar-refractivity contribution is 7.41. The minimum absolute atomic E-state index is 0.204. The van der Waals surface area contributed by atoms with Gasteiger partial charge < -0.3 is 19.1 Å². The van der Waals surface area contributed by atoms with Crippen molar-refractivity contribution in [3.8, 4) is 5.75 Å². The number of hydrogen-bond acceptors (Lipinski definition) is 7. The molecule has 4 aromatic rings. The molecule has 0 aliphatic carbocycles. The van der Waals surface area contributed by atoms with E-state index in [1.54, 1.807) is 12.4 Å². The van der Waals surface area contributed by atoms with E-state index in [-0.39, 0.29) is 11.8 Å². The van der Waals surface area contributed by atoms with Gasteiger partial charge in [-0.05, 0) is 94.5 Å². The SMILES string of the molecule is CCCN(CCC)c1ccc(N(C=N)C(=O)P)cc1.Cc1ccc(OCC2COC(Cc3ccncc3)(c3ccc(P)cc3Cl)O2)cc1. The van der Waals surface area contributed by atoms with Crippen LogP contribution in [0.25, 0.3) is 0 Å². The molecule has 1 aliphatic heterocycles. The van der Waals surface area contributed by atoms with Crippen molar-refractivity contribution in [1.29, 1.82) is 5.41 Å². The third kappa shape index (κ3) is 10.3. The standard InChI is InChI=1S/C23H23ClNO3P.C14H22N3OP/c1-16-2-4-18(5-3-16)26-14-19-15-27-23(28-19,13-17-8-10-25-11-9-17)21-7-6-20(29)12-22(21)24;1-3-9-16(10-4-2)12-5-7-13(8-6-12)17(11-15)14(18)19/h2-12,19H,13-15,29H2,1H3;5-8,11,15H,3-4,9-10,19H2,1-2H3. The number of aromatic nitrogens is 1. The van der Waals surface area contributed by atoms with Crippen LogP contribution in [0.15, 0.2) is 91.3 Å². The van der Waals surface area contributed by atoms with Crippen molar-refractivity contribution in [2.24, 2.45) is 0 Å². The third-order valence-electron chi connectivity index (χ3n) is 7.75. The van der Waals surface area contributed by atoms with E-state index >= 15 is 0 Å². The fraction of sp³-hybridized carbons (Fsp3) is 0.324. The Morgan fingerprint density at radius 2 is 1.67 bits per heavy atom. The lowest BCUT2D eigenvalue weighted by Gasteiger charge is -2.30. The van der Waals surface area contributed by atoms with E-state index in [0.29, 0.717) is 30.3 Å². The molecule has 11 heteroatoms. The maximum atomic E-state index is 11.3. The topological polar surface area (TPSA) is 88.0 Å². The predicted octanol–water partition coefficient (Wildman–Crippen LogP) is 8.16. The first-order valence-electron chi connectivity index (χ1n) is 16.1. The van der Waals surface area contributed by atoms with Gasteiger partial charge in [-0.2, -0.15) is 0 Å². The van der Waals surface area contributed by atoms with Crippen LogP contribution in [-0.2, 0) is 21.7 Å². The Morgan fingerprint density at radius 3 is 2.25 bits per heavy atom. The van der Waals surface area contributed by atoms with Crippen molar-refractivity contribution in [2.75, 3.05) is 36.1 Å². The monoisotopic (exact) mass is 706 g/mol. The zero-order valence-corrected chi connectivity index (χ0v) is 30.8. The number of halogens is 1. The first-order valence-corrected chi connectivity index (χ1v) is 17.6. The van der Waals surface area contributed by atoms with Crippen molar-refractivity contribution in [3.05, 3.63) is 113 Å². The maximum Gasteiger partial charge on any atom is 0.246 e. The molecule has 48 heavy (non-hydrogen) atoms. The molecule has 3 aromatic carbocycles. The number of pyridine rings is 1. The molecule has 1 amide bonds. The molecule has 5 rings (SSSR count). The molecule has 1 aromatic heterocycles. The van der Waals surface area contributed by atoms with E-state index in [1.807, 2.05) is 78.9 Å². The zero-order chi connectivity index (χ0) is 34.5. The molecular formula is C37H45ClN4O4P2. The number of anilines is 2. The Hall–Kier alpha value is -3.38. The van der Waals surface area contributed by atoms with E-state index < -0.39 is 5.79 Å². The van der Waals surface area contributed by atoms with E-state index in [2.05, 4.69) is 49.1 Å². The summed E-state index contributed by atoms with van der Waals surface area (Å²) in [6.07, 6.45) is 7.11. The first-order chi connectivity index (χ1) is 23.2. The first kappa shape index (κ1) is 37.4. The fourth-order valence-corrected chi connectivity index (χ4v) is 6.33. The Kier molecular flexibility index (Phi) is 14.4. The number of nitrogens with one attached hydrogen (secondary N) is 1. The molecule has 1 aliphatic rings. The quantitative estimate of drug-likeness (QED) is 0.0858. The van der Waals surface area contributed by atoms with Crippen molar-refractivity contribution in [1.82, 2.24) is 4.98 Å². The van der Waals surface area contributed by atoms with Gasteiger partial charge in [-0.1, -0.05) is 55.3 Å². The Labute approximate surface area is 294 Å². The van der Waals surface area contributed by atoms with Gasteiger partial charge in [-0.15, -0.1) is 9.24 Å². The highest BCUT2D eigenvalue weighted by atomic mass is 35.5. The van der Waals surface area contributed by atoms with Crippen molar-refractivity contribution in [3.63, 3.8) is 0 Å². The van der Waals surface area contributed by atoms with Crippen LogP contribution in [0.3, 0.4) is 0 Å². The van der Waals surface area contributed by atoms with Gasteiger partial charge in [-0.3, -0.25) is 20.1 Å². The van der Waals surface area contributed by atoms with Gasteiger partial charge in [0.15, 0.2) is 0 Å². The molecule has 2 heterocycles. The van der Waals surface area contributed by atoms with Crippen molar-refractivity contribution >= 4 is 58.7 Å². The number of carbonyl (C=O) groups excluding carboxylic acids is 1. The van der Waals surface area contributed by atoms with Crippen LogP contribution in [0, 0.1) is 12.3 Å². The number of hydrogen-bond donors (Lipinski definition) is 1. The molecule has 8 nitrogen and oxygen atoms in total.